The predicted octanol–water partition coefficient (Wildman–Crippen LogP) is 4.31. The molecule has 0 aliphatic carbocycles. The molecule has 1 aromatic carbocycles. The Hall–Kier alpha value is -1.03. The first kappa shape index (κ1) is 12.4. The first-order valence-electron chi connectivity index (χ1n) is 4.70. The average Bonchev–Trinajstić information content (AvgIpc) is 2.35. The van der Waals surface area contributed by atoms with Crippen LogP contribution in [0.15, 0.2) is 30.3 Å². The zero-order chi connectivity index (χ0) is 12.3. The molecule has 0 bridgehead atoms. The maximum absolute atomic E-state index is 5.95. The van der Waals surface area contributed by atoms with Gasteiger partial charge in [-0.15, -0.1) is 16.7 Å². The van der Waals surface area contributed by atoms with Crippen LogP contribution < -0.4 is 4.74 Å². The number of nitrogens with zero attached hydrogens (tertiary/aromatic N) is 2. The second kappa shape index (κ2) is 5.54. The third kappa shape index (κ3) is 3.22. The summed E-state index contributed by atoms with van der Waals surface area (Å²) < 4.78 is 5.46. The fourth-order valence-electron chi connectivity index (χ4n) is 1.14. The van der Waals surface area contributed by atoms with Crippen molar-refractivity contribution in [2.24, 2.45) is 0 Å². The fraction of sp³-hybridized carbons (Fsp3) is 0.0909. The fourth-order valence-corrected chi connectivity index (χ4v) is 1.60. The highest BCUT2D eigenvalue weighted by Gasteiger charge is 2.05. The number of rotatable bonds is 3. The molecule has 2 aromatic rings. The molecule has 1 heterocycles. The molecule has 0 spiro atoms. The maximum Gasteiger partial charge on any atom is 0.238 e. The minimum absolute atomic E-state index is 0.311. The molecule has 88 valence electrons. The smallest absolute Gasteiger partial charge is 0.238 e. The average molecular weight is 290 g/mol. The van der Waals surface area contributed by atoms with Gasteiger partial charge in [0.05, 0.1) is 16.6 Å². The third-order valence-electron chi connectivity index (χ3n) is 1.94. The molecule has 0 fully saturated rings. The van der Waals surface area contributed by atoms with Crippen LogP contribution in [-0.2, 0) is 5.88 Å². The van der Waals surface area contributed by atoms with Gasteiger partial charge in [-0.1, -0.05) is 23.2 Å². The van der Waals surface area contributed by atoms with Crippen LogP contribution in [0, 0.1) is 0 Å². The Morgan fingerprint density at radius 2 is 1.88 bits per heavy atom. The van der Waals surface area contributed by atoms with Crippen molar-refractivity contribution in [3.8, 4) is 11.6 Å². The molecular formula is C11H7Cl3N2O. The Morgan fingerprint density at radius 3 is 2.53 bits per heavy atom. The SMILES string of the molecule is ClCc1ccc(Oc2cc(Cl)ccc2Cl)nn1. The minimum Gasteiger partial charge on any atom is -0.436 e. The van der Waals surface area contributed by atoms with E-state index in [1.807, 2.05) is 0 Å². The Bertz CT molecular complexity index is 517. The molecule has 0 saturated heterocycles. The van der Waals surface area contributed by atoms with E-state index in [4.69, 9.17) is 39.5 Å². The number of hydrogen-bond donors (Lipinski definition) is 0. The third-order valence-corrected chi connectivity index (χ3v) is 2.76. The number of halogens is 3. The van der Waals surface area contributed by atoms with Gasteiger partial charge in [-0.2, -0.15) is 5.10 Å². The van der Waals surface area contributed by atoms with E-state index < -0.39 is 0 Å². The first-order chi connectivity index (χ1) is 8.19. The largest absolute Gasteiger partial charge is 0.436 e. The number of alkyl halides is 1. The van der Waals surface area contributed by atoms with Gasteiger partial charge in [-0.25, -0.2) is 0 Å². The number of benzene rings is 1. The zero-order valence-electron chi connectivity index (χ0n) is 8.53. The normalized spacial score (nSPS) is 10.3. The van der Waals surface area contributed by atoms with Crippen LogP contribution in [-0.4, -0.2) is 10.2 Å². The summed E-state index contributed by atoms with van der Waals surface area (Å²) in [7, 11) is 0. The standard InChI is InChI=1S/C11H7Cl3N2O/c12-6-8-2-4-11(16-15-8)17-10-5-7(13)1-3-9(10)14/h1-5H,6H2. The summed E-state index contributed by atoms with van der Waals surface area (Å²) in [4.78, 5) is 0. The topological polar surface area (TPSA) is 35.0 Å². The Labute approximate surface area is 113 Å². The molecule has 0 aliphatic rings. The van der Waals surface area contributed by atoms with Gasteiger partial charge in [0.1, 0.15) is 5.75 Å². The van der Waals surface area contributed by atoms with Gasteiger partial charge >= 0.3 is 0 Å². The lowest BCUT2D eigenvalue weighted by Crippen LogP contribution is -1.93. The van der Waals surface area contributed by atoms with Crippen LogP contribution >= 0.6 is 34.8 Å². The van der Waals surface area contributed by atoms with Crippen molar-refractivity contribution in [3.63, 3.8) is 0 Å². The van der Waals surface area contributed by atoms with Gasteiger partial charge in [-0.05, 0) is 18.2 Å². The second-order valence-corrected chi connectivity index (χ2v) is 4.28. The summed E-state index contributed by atoms with van der Waals surface area (Å²) in [5.74, 6) is 1.08. The highest BCUT2D eigenvalue weighted by Crippen LogP contribution is 2.30. The Balaban J connectivity index is 2.22. The molecule has 0 aliphatic heterocycles. The molecule has 0 saturated carbocycles. The first-order valence-corrected chi connectivity index (χ1v) is 5.99. The second-order valence-electron chi connectivity index (χ2n) is 3.17. The lowest BCUT2D eigenvalue weighted by molar-refractivity contribution is 0.454. The summed E-state index contributed by atoms with van der Waals surface area (Å²) in [5.41, 5.74) is 0.677. The van der Waals surface area contributed by atoms with E-state index in [0.29, 0.717) is 33.2 Å². The summed E-state index contributed by atoms with van der Waals surface area (Å²) in [5, 5.41) is 8.71. The monoisotopic (exact) mass is 288 g/mol. The molecular weight excluding hydrogens is 282 g/mol. The maximum atomic E-state index is 5.95. The minimum atomic E-state index is 0.311. The van der Waals surface area contributed by atoms with Crippen molar-refractivity contribution in [3.05, 3.63) is 46.1 Å². The molecule has 6 heteroatoms. The highest BCUT2D eigenvalue weighted by atomic mass is 35.5. The number of hydrogen-bond acceptors (Lipinski definition) is 3. The van der Waals surface area contributed by atoms with Crippen LogP contribution in [0.25, 0.3) is 0 Å². The number of aromatic nitrogens is 2. The van der Waals surface area contributed by atoms with Crippen molar-refractivity contribution in [1.29, 1.82) is 0 Å². The summed E-state index contributed by atoms with van der Waals surface area (Å²) in [6.07, 6.45) is 0. The molecule has 17 heavy (non-hydrogen) atoms. The van der Waals surface area contributed by atoms with Crippen molar-refractivity contribution in [1.82, 2.24) is 10.2 Å². The van der Waals surface area contributed by atoms with Gasteiger partial charge in [0.2, 0.25) is 5.88 Å². The number of ether oxygens (including phenoxy) is 1. The van der Waals surface area contributed by atoms with Crippen molar-refractivity contribution in [2.75, 3.05) is 0 Å². The van der Waals surface area contributed by atoms with E-state index in [2.05, 4.69) is 10.2 Å². The summed E-state index contributed by atoms with van der Waals surface area (Å²) >= 11 is 17.4. The van der Waals surface area contributed by atoms with Crippen LogP contribution in [0.3, 0.4) is 0 Å². The van der Waals surface area contributed by atoms with E-state index in [9.17, 15) is 0 Å². The van der Waals surface area contributed by atoms with Gasteiger partial charge in [0.15, 0.2) is 0 Å². The van der Waals surface area contributed by atoms with Crippen LogP contribution in [0.5, 0.6) is 11.6 Å². The summed E-state index contributed by atoms with van der Waals surface area (Å²) in [6, 6.07) is 8.34. The van der Waals surface area contributed by atoms with E-state index in [0.717, 1.165) is 0 Å². The van der Waals surface area contributed by atoms with Crippen molar-refractivity contribution < 1.29 is 4.74 Å². The van der Waals surface area contributed by atoms with E-state index in [-0.39, 0.29) is 0 Å². The van der Waals surface area contributed by atoms with Gasteiger partial charge in [-0.3, -0.25) is 0 Å². The van der Waals surface area contributed by atoms with Crippen LogP contribution in [0.2, 0.25) is 10.0 Å². The van der Waals surface area contributed by atoms with E-state index >= 15 is 0 Å². The molecule has 0 atom stereocenters. The van der Waals surface area contributed by atoms with Gasteiger partial charge in [0.25, 0.3) is 0 Å². The van der Waals surface area contributed by atoms with E-state index in [1.165, 1.54) is 0 Å². The molecule has 1 aromatic heterocycles. The molecule has 0 unspecified atom stereocenters. The zero-order valence-corrected chi connectivity index (χ0v) is 10.8. The Kier molecular flexibility index (Phi) is 4.05. The van der Waals surface area contributed by atoms with Gasteiger partial charge < -0.3 is 4.74 Å². The molecule has 0 N–H and O–H groups in total. The lowest BCUT2D eigenvalue weighted by atomic mass is 10.3. The predicted molar refractivity (Wildman–Crippen MR) is 68.1 cm³/mol. The molecule has 3 nitrogen and oxygen atoms in total. The summed E-state index contributed by atoms with van der Waals surface area (Å²) in [6.45, 7) is 0. The molecule has 0 amide bonds. The van der Waals surface area contributed by atoms with Gasteiger partial charge in [0, 0.05) is 17.2 Å². The lowest BCUT2D eigenvalue weighted by Gasteiger charge is -2.06. The van der Waals surface area contributed by atoms with Crippen LogP contribution in [0.4, 0.5) is 0 Å². The van der Waals surface area contributed by atoms with Crippen molar-refractivity contribution >= 4 is 34.8 Å². The Morgan fingerprint density at radius 1 is 1.06 bits per heavy atom. The van der Waals surface area contributed by atoms with E-state index in [1.54, 1.807) is 30.3 Å². The van der Waals surface area contributed by atoms with Crippen LogP contribution in [0.1, 0.15) is 5.69 Å². The quantitative estimate of drug-likeness (QED) is 0.790. The molecule has 0 radical (unpaired) electrons. The molecule has 2 rings (SSSR count). The van der Waals surface area contributed by atoms with Crippen molar-refractivity contribution in [2.45, 2.75) is 5.88 Å². The highest BCUT2D eigenvalue weighted by molar-refractivity contribution is 6.34.